The van der Waals surface area contributed by atoms with Crippen molar-refractivity contribution in [3.63, 3.8) is 0 Å². The van der Waals surface area contributed by atoms with Crippen molar-refractivity contribution in [2.75, 3.05) is 0 Å². The molecule has 0 rings (SSSR count). The Labute approximate surface area is 162 Å². The second-order valence-electron chi connectivity index (χ2n) is 0.894. The molecule has 0 bridgehead atoms. The second kappa shape index (κ2) is 23.7. The van der Waals surface area contributed by atoms with Gasteiger partial charge in [0.05, 0.1) is 0 Å². The first kappa shape index (κ1) is 50.4. The van der Waals surface area contributed by atoms with E-state index in [1.165, 1.54) is 0 Å². The van der Waals surface area contributed by atoms with Crippen molar-refractivity contribution in [2.24, 2.45) is 0 Å². The van der Waals surface area contributed by atoms with E-state index in [1.54, 1.807) is 0 Å². The maximum atomic E-state index is 8.55. The molecule has 0 aliphatic rings. The molecule has 0 aromatic rings. The summed E-state index contributed by atoms with van der Waals surface area (Å²) in [4.78, 5) is 51.3. The van der Waals surface area contributed by atoms with Gasteiger partial charge in [0, 0.05) is 58.4 Å². The Kier molecular flexibility index (Phi) is 74.7. The van der Waals surface area contributed by atoms with Crippen molar-refractivity contribution >= 4 is 15.6 Å². The summed E-state index contributed by atoms with van der Waals surface area (Å²) in [5.41, 5.74) is 0. The van der Waals surface area contributed by atoms with Crippen LogP contribution in [0.3, 0.4) is 0 Å². The first-order chi connectivity index (χ1) is 4.00. The Morgan fingerprint density at radius 3 is 0.500 bits per heavy atom. The Morgan fingerprint density at radius 1 is 0.500 bits per heavy atom. The number of phosphoric acid groups is 2. The van der Waals surface area contributed by atoms with Gasteiger partial charge in [-0.05, 0) is 0 Å². The summed E-state index contributed by atoms with van der Waals surface area (Å²) in [7, 11) is -10.8. The van der Waals surface area contributed by atoms with E-state index in [0.29, 0.717) is 0 Å². The summed E-state index contributed by atoms with van der Waals surface area (Å²) in [5.74, 6) is 0. The summed E-state index contributed by atoms with van der Waals surface area (Å²) < 4.78 is 17.1. The van der Waals surface area contributed by atoms with E-state index in [4.69, 9.17) is 38.5 Å². The van der Waals surface area contributed by atoms with Gasteiger partial charge in [-0.1, -0.05) is 0 Å². The Morgan fingerprint density at radius 2 is 0.500 bits per heavy atom. The fourth-order valence-corrected chi connectivity index (χ4v) is 0. The normalized spacial score (nSPS) is 7.38. The zero-order valence-corrected chi connectivity index (χ0v) is 21.6. The van der Waals surface area contributed by atoms with Gasteiger partial charge in [-0.15, -0.1) is 0 Å². The van der Waals surface area contributed by atoms with Crippen LogP contribution in [0, 0.1) is 0 Å². The standard InChI is InChI=1S/3Mn.2H3O4P.3Zn/c;;;2*1-5(2,3)4;;;/h;;;2*(H3,1,2,3,4);;;/q3*+2;;;;;/p-6. The maximum absolute atomic E-state index is 8.55. The van der Waals surface area contributed by atoms with Gasteiger partial charge in [0.25, 0.3) is 0 Å². The molecule has 0 aliphatic carbocycles. The van der Waals surface area contributed by atoms with Crippen molar-refractivity contribution in [3.05, 3.63) is 0 Å². The van der Waals surface area contributed by atoms with E-state index in [1.807, 2.05) is 0 Å². The van der Waals surface area contributed by atoms with E-state index in [2.05, 4.69) is 0 Å². The maximum Gasteiger partial charge on any atom is 2.00 e. The average Bonchev–Trinajstić information content (AvgIpc) is 1.12. The van der Waals surface area contributed by atoms with Gasteiger partial charge >= 0.3 is 51.2 Å². The third-order valence-corrected chi connectivity index (χ3v) is 0. The first-order valence-electron chi connectivity index (χ1n) is 1.46. The average molecular weight is 551 g/mol. The zero-order chi connectivity index (χ0) is 9.00. The number of rotatable bonds is 0. The van der Waals surface area contributed by atoms with Crippen LogP contribution in [0.15, 0.2) is 0 Å². The molecule has 16 heavy (non-hydrogen) atoms. The van der Waals surface area contributed by atoms with Crippen LogP contribution >= 0.6 is 15.6 Å². The summed E-state index contributed by atoms with van der Waals surface area (Å²) >= 11 is 0. The fourth-order valence-electron chi connectivity index (χ4n) is 0. The monoisotopic (exact) mass is 547 g/mol. The fraction of sp³-hybridized carbons (Fsp3) is 0. The van der Waals surface area contributed by atoms with Crippen LogP contribution in [0.1, 0.15) is 0 Å². The van der Waals surface area contributed by atoms with Gasteiger partial charge in [0.2, 0.25) is 0 Å². The quantitative estimate of drug-likeness (QED) is 0.212. The summed E-state index contributed by atoms with van der Waals surface area (Å²) in [6.45, 7) is 0. The van der Waals surface area contributed by atoms with E-state index >= 15 is 0 Å². The molecule has 0 aliphatic heterocycles. The minimum atomic E-state index is -5.39. The number of hydrogen-bond donors (Lipinski definition) is 0. The van der Waals surface area contributed by atoms with Gasteiger partial charge in [-0.2, -0.15) is 15.6 Å². The molecular formula is Mn3O8P2Zn3. The second-order valence-corrected chi connectivity index (χ2v) is 2.68. The molecule has 0 aromatic heterocycles. The molecule has 0 unspecified atom stereocenters. The SMILES string of the molecule is O=P([O-])([O-])[O-].O=P([O-])([O-])[O-].[Mn+2].[Mn+2].[Mn+2].[Zn].[Zn].[Zn]. The van der Waals surface area contributed by atoms with Crippen LogP contribution in [-0.4, -0.2) is 0 Å². The summed E-state index contributed by atoms with van der Waals surface area (Å²) in [6.07, 6.45) is 0. The van der Waals surface area contributed by atoms with Gasteiger partial charge < -0.3 is 38.5 Å². The third-order valence-electron chi connectivity index (χ3n) is 0. The summed E-state index contributed by atoms with van der Waals surface area (Å²) in [5, 5.41) is 0. The molecular weight excluding hydrogens is 551 g/mol. The van der Waals surface area contributed by atoms with E-state index in [9.17, 15) is 0 Å². The van der Waals surface area contributed by atoms with E-state index in [-0.39, 0.29) is 110 Å². The largest absolute Gasteiger partial charge is 2.00 e. The molecule has 0 aromatic carbocycles. The van der Waals surface area contributed by atoms with Crippen LogP contribution < -0.4 is 29.4 Å². The minimum absolute atomic E-state index is 0. The molecule has 16 heteroatoms. The Balaban J connectivity index is -0.00000000970. The Hall–Kier alpha value is 3.65. The minimum Gasteiger partial charge on any atom is -0.822 e. The molecule has 3 radical (unpaired) electrons. The molecule has 0 saturated carbocycles. The predicted molar refractivity (Wildman–Crippen MR) is 15.2 cm³/mol. The van der Waals surface area contributed by atoms with Crippen LogP contribution in [0.4, 0.5) is 0 Å². The van der Waals surface area contributed by atoms with Crippen molar-refractivity contribution in [1.29, 1.82) is 0 Å². The molecule has 0 N–H and O–H groups in total. The Bertz CT molecular complexity index is 141. The first-order valence-corrected chi connectivity index (χ1v) is 4.38. The van der Waals surface area contributed by atoms with Crippen LogP contribution in [0.25, 0.3) is 0 Å². The molecule has 0 atom stereocenters. The van der Waals surface area contributed by atoms with Crippen molar-refractivity contribution in [2.45, 2.75) is 0 Å². The van der Waals surface area contributed by atoms with E-state index in [0.717, 1.165) is 0 Å². The summed E-state index contributed by atoms with van der Waals surface area (Å²) in [6, 6.07) is 0. The van der Waals surface area contributed by atoms with Gasteiger partial charge in [-0.25, -0.2) is 0 Å². The van der Waals surface area contributed by atoms with Crippen molar-refractivity contribution in [1.82, 2.24) is 0 Å². The van der Waals surface area contributed by atoms with Gasteiger partial charge in [-0.3, -0.25) is 0 Å². The number of hydrogen-bond acceptors (Lipinski definition) is 8. The predicted octanol–water partition coefficient (Wildman–Crippen LogP) is -5.66. The van der Waals surface area contributed by atoms with Crippen LogP contribution in [0.5, 0.6) is 0 Å². The molecule has 85 valence electrons. The van der Waals surface area contributed by atoms with Crippen molar-refractivity contribution < 1.29 is 148 Å². The van der Waals surface area contributed by atoms with E-state index < -0.39 is 15.6 Å². The van der Waals surface area contributed by atoms with Crippen LogP contribution in [-0.2, 0) is 119 Å². The molecule has 0 spiro atoms. The molecule has 8 nitrogen and oxygen atoms in total. The van der Waals surface area contributed by atoms with Gasteiger partial charge in [0.15, 0.2) is 0 Å². The molecule has 0 heterocycles. The van der Waals surface area contributed by atoms with Gasteiger partial charge in [0.1, 0.15) is 0 Å². The molecule has 0 saturated heterocycles. The molecule has 0 fully saturated rings. The smallest absolute Gasteiger partial charge is 0.822 e. The zero-order valence-electron chi connectivity index (χ0n) is 7.42. The van der Waals surface area contributed by atoms with Crippen molar-refractivity contribution in [3.8, 4) is 0 Å². The third kappa shape index (κ3) is 367. The van der Waals surface area contributed by atoms with Crippen LogP contribution in [0.2, 0.25) is 0 Å². The topological polar surface area (TPSA) is 172 Å². The molecule has 0 amide bonds.